The molecule has 0 aromatic heterocycles. The van der Waals surface area contributed by atoms with E-state index in [9.17, 15) is 124 Å². The molecular formula is C80H140N10O32. The molecule has 0 aromatic rings. The summed E-state index contributed by atoms with van der Waals surface area (Å²) in [5.41, 5.74) is 0. The molecule has 3 aliphatic rings. The highest BCUT2D eigenvalue weighted by Crippen LogP contribution is 2.29. The van der Waals surface area contributed by atoms with E-state index in [4.69, 9.17) is 33.5 Å². The molecule has 0 aliphatic carbocycles. The smallest absolute Gasteiger partial charge is 0.317 e. The largest absolute Gasteiger partial charge is 0.481 e. The molecule has 122 heavy (non-hydrogen) atoms. The molecule has 3 rings (SSSR count). The third-order valence-corrected chi connectivity index (χ3v) is 21.3. The lowest BCUT2D eigenvalue weighted by Gasteiger charge is -2.42. The van der Waals surface area contributed by atoms with Gasteiger partial charge in [0.1, 0.15) is 66.1 Å². The Morgan fingerprint density at radius 3 is 1.15 bits per heavy atom. The number of carbonyl (C=O) groups is 13. The van der Waals surface area contributed by atoms with Crippen molar-refractivity contribution in [1.29, 1.82) is 0 Å². The number of ether oxygens (including phenoxy) is 6. The van der Waals surface area contributed by atoms with Gasteiger partial charge in [-0.2, -0.15) is 0 Å². The molecule has 0 spiro atoms. The number of carbonyl (C=O) groups excluding carboxylic acids is 9. The Kier molecular flexibility index (Phi) is 56.3. The number of hydrogen-bond donors (Lipinski definition) is 19. The SMILES string of the molecule is CC(=O)NC1C(OCCCCCCNC(=O)CCC(=O)CN(CC(=O)CCC(=O)NCCCCCCOC2OC(CO)C(O)C(O)C2C)C(CCCCNC(=O)CCCCCCC(=O)CN(CCN(CCN(CCC(=O)O)CC(=O)O)CC(=O)O)CC(=O)O)C(=O)NCC(=O)NCCCCCCOC2OC(CO)C(O)C(O)C2C)OC(CO)C(O)C1O. The van der Waals surface area contributed by atoms with Gasteiger partial charge < -0.3 is 127 Å². The van der Waals surface area contributed by atoms with Gasteiger partial charge in [0, 0.05) is 136 Å². The quantitative estimate of drug-likeness (QED) is 0.0263. The summed E-state index contributed by atoms with van der Waals surface area (Å²) < 4.78 is 34.2. The zero-order valence-electron chi connectivity index (χ0n) is 71.0. The molecule has 0 saturated carbocycles. The number of ketones is 3. The molecule has 42 nitrogen and oxygen atoms in total. The van der Waals surface area contributed by atoms with Crippen molar-refractivity contribution in [3.63, 3.8) is 0 Å². The fourth-order valence-corrected chi connectivity index (χ4v) is 14.1. The Balaban J connectivity index is 1.66. The summed E-state index contributed by atoms with van der Waals surface area (Å²) in [4.78, 5) is 172. The summed E-state index contributed by atoms with van der Waals surface area (Å²) in [5.74, 6) is -10.1. The van der Waals surface area contributed by atoms with Crippen molar-refractivity contribution in [1.82, 2.24) is 51.5 Å². The minimum Gasteiger partial charge on any atom is -0.481 e. The van der Waals surface area contributed by atoms with Gasteiger partial charge in [0.05, 0.1) is 90.3 Å². The number of hydrogen-bond acceptors (Lipinski definition) is 32. The predicted molar refractivity (Wildman–Crippen MR) is 432 cm³/mol. The van der Waals surface area contributed by atoms with Gasteiger partial charge in [0.15, 0.2) is 18.9 Å². The Labute approximate surface area is 712 Å². The van der Waals surface area contributed by atoms with Crippen LogP contribution in [0.25, 0.3) is 0 Å². The number of unbranched alkanes of at least 4 members (excludes halogenated alkanes) is 13. The van der Waals surface area contributed by atoms with Crippen molar-refractivity contribution >= 4 is 76.7 Å². The van der Waals surface area contributed by atoms with Crippen LogP contribution in [0.2, 0.25) is 0 Å². The molecule has 3 saturated heterocycles. The third-order valence-electron chi connectivity index (χ3n) is 21.3. The van der Waals surface area contributed by atoms with Gasteiger partial charge in [0.2, 0.25) is 35.4 Å². The first-order valence-corrected chi connectivity index (χ1v) is 42.9. The number of amides is 6. The number of rotatable bonds is 71. The average molecular weight is 1750 g/mol. The Bertz CT molecular complexity index is 3110. The van der Waals surface area contributed by atoms with Crippen molar-refractivity contribution in [3.05, 3.63) is 0 Å². The maximum atomic E-state index is 14.5. The van der Waals surface area contributed by atoms with Crippen LogP contribution in [0.4, 0.5) is 0 Å². The minimum atomic E-state index is -1.47. The summed E-state index contributed by atoms with van der Waals surface area (Å²) in [6.07, 6.45) is -5.09. The maximum absolute atomic E-state index is 14.5. The van der Waals surface area contributed by atoms with Crippen LogP contribution in [0, 0.1) is 11.8 Å². The highest BCUT2D eigenvalue weighted by Gasteiger charge is 2.47. The first-order valence-electron chi connectivity index (χ1n) is 42.9. The molecule has 0 radical (unpaired) electrons. The Hall–Kier alpha value is -7.05. The minimum absolute atomic E-state index is 0.0000402. The van der Waals surface area contributed by atoms with Crippen LogP contribution in [-0.4, -0.2) is 393 Å². The van der Waals surface area contributed by atoms with Crippen LogP contribution in [0.3, 0.4) is 0 Å². The highest BCUT2D eigenvalue weighted by atomic mass is 16.7. The van der Waals surface area contributed by atoms with Crippen LogP contribution in [0.15, 0.2) is 0 Å². The zero-order chi connectivity index (χ0) is 90.5. The summed E-state index contributed by atoms with van der Waals surface area (Å²) in [5, 5.41) is 145. The second-order valence-electron chi connectivity index (χ2n) is 31.6. The van der Waals surface area contributed by atoms with E-state index >= 15 is 0 Å². The second-order valence-corrected chi connectivity index (χ2v) is 31.6. The number of Topliss-reactive ketones (excluding diaryl/α,β-unsaturated/α-hetero) is 3. The number of aliphatic hydroxyl groups excluding tert-OH is 9. The van der Waals surface area contributed by atoms with E-state index in [1.54, 1.807) is 13.8 Å². The van der Waals surface area contributed by atoms with E-state index in [-0.39, 0.29) is 155 Å². The second kappa shape index (κ2) is 63.0. The first kappa shape index (κ1) is 109. The van der Waals surface area contributed by atoms with E-state index in [0.29, 0.717) is 109 Å². The Morgan fingerprint density at radius 2 is 0.713 bits per heavy atom. The zero-order valence-corrected chi connectivity index (χ0v) is 71.0. The van der Waals surface area contributed by atoms with Gasteiger partial charge >= 0.3 is 23.9 Å². The average Bonchev–Trinajstić information content (AvgIpc) is 0.813. The topological polar surface area (TPSA) is 625 Å². The molecule has 19 N–H and O–H groups in total. The van der Waals surface area contributed by atoms with Crippen molar-refractivity contribution in [2.24, 2.45) is 11.8 Å². The monoisotopic (exact) mass is 1750 g/mol. The van der Waals surface area contributed by atoms with Gasteiger partial charge in [-0.1, -0.05) is 65.2 Å². The molecule has 42 heteroatoms. The van der Waals surface area contributed by atoms with E-state index in [1.165, 1.54) is 26.5 Å². The van der Waals surface area contributed by atoms with Gasteiger partial charge in [-0.15, -0.1) is 0 Å². The first-order chi connectivity index (χ1) is 58.2. The fraction of sp³-hybridized carbons (Fsp3) is 0.838. The van der Waals surface area contributed by atoms with Gasteiger partial charge in [-0.25, -0.2) is 0 Å². The molecule has 3 heterocycles. The molecule has 3 aliphatic heterocycles. The number of nitrogens with one attached hydrogen (secondary N) is 6. The van der Waals surface area contributed by atoms with Crippen LogP contribution >= 0.6 is 0 Å². The lowest BCUT2D eigenvalue weighted by molar-refractivity contribution is -0.282. The third kappa shape index (κ3) is 46.2. The highest BCUT2D eigenvalue weighted by molar-refractivity contribution is 5.91. The lowest BCUT2D eigenvalue weighted by Crippen LogP contribution is -2.64. The van der Waals surface area contributed by atoms with Crippen molar-refractivity contribution < 1.29 is 157 Å². The molecule has 0 bridgehead atoms. The molecule has 3 fully saturated rings. The number of aliphatic carboxylic acids is 4. The van der Waals surface area contributed by atoms with Crippen LogP contribution in [0.1, 0.15) is 188 Å². The number of carboxylic acid groups (broad SMARTS) is 4. The molecule has 702 valence electrons. The summed E-state index contributed by atoms with van der Waals surface area (Å²) in [6, 6.07) is -2.33. The Morgan fingerprint density at radius 1 is 0.352 bits per heavy atom. The van der Waals surface area contributed by atoms with E-state index < -0.39 is 222 Å². The van der Waals surface area contributed by atoms with Crippen LogP contribution in [0.5, 0.6) is 0 Å². The standard InChI is InChI=1S/C80H140N10O32/c1-52-71(110)73(112)59(49-91)120-78(52)117-39-19-9-6-15-30-82-63(99)27-25-56(96)44-90(45-57(97)26-28-64(100)83-31-16-7-11-21-41-119-80-70(86-54(3)94)76(115)75(114)61(51-93)122-80)58(77(116)85-42-65(101)84-32-17-8-10-20-40-118-79-53(2)72(111)74(113)60(50-92)121-79)23-14-18-33-81-62(98)24-13-5-4-12-22-55(95)43-89(48-69(108)109)38-37-88(47-68(106)107)36-35-87(46-67(104)105)34-29-66(102)103/h52-53,58-61,70-76,78-80,91-93,110-115H,4-51H2,1-3H3,(H,81,98)(H,82,99)(H,83,100)(H,84,101)(H,85,116)(H,86,94)(H,102,103)(H,104,105)(H,106,107)(H,108,109). The van der Waals surface area contributed by atoms with E-state index in [0.717, 1.165) is 0 Å². The number of aliphatic hydroxyl groups is 9. The molecule has 16 unspecified atom stereocenters. The van der Waals surface area contributed by atoms with Gasteiger partial charge in [-0.05, 0) is 70.6 Å². The maximum Gasteiger partial charge on any atom is 0.317 e. The summed E-state index contributed by atoms with van der Waals surface area (Å²) in [7, 11) is 0. The van der Waals surface area contributed by atoms with Crippen LogP contribution < -0.4 is 31.9 Å². The van der Waals surface area contributed by atoms with Crippen molar-refractivity contribution in [3.8, 4) is 0 Å². The molecular weight excluding hydrogens is 1610 g/mol. The van der Waals surface area contributed by atoms with E-state index in [1.807, 2.05) is 0 Å². The number of nitrogens with zero attached hydrogens (tertiary/aromatic N) is 4. The van der Waals surface area contributed by atoms with Gasteiger partial charge in [0.25, 0.3) is 0 Å². The molecule has 6 amide bonds. The summed E-state index contributed by atoms with van der Waals surface area (Å²) in [6.45, 7) is 1.15. The fourth-order valence-electron chi connectivity index (χ4n) is 14.1. The van der Waals surface area contributed by atoms with E-state index in [2.05, 4.69) is 31.9 Å². The van der Waals surface area contributed by atoms with Crippen LogP contribution in [-0.2, 0) is 90.8 Å². The summed E-state index contributed by atoms with van der Waals surface area (Å²) >= 11 is 0. The lowest BCUT2D eigenvalue weighted by atomic mass is 9.92. The van der Waals surface area contributed by atoms with Crippen molar-refractivity contribution in [2.45, 2.75) is 274 Å². The molecule has 16 atom stereocenters. The predicted octanol–water partition coefficient (Wildman–Crippen LogP) is -3.52. The normalized spacial score (nSPS) is 23.1. The molecule has 0 aromatic carbocycles. The van der Waals surface area contributed by atoms with Crippen molar-refractivity contribution in [2.75, 3.05) is 144 Å². The van der Waals surface area contributed by atoms with Gasteiger partial charge in [-0.3, -0.25) is 81.9 Å². The number of carboxylic acids is 4.